The number of nitrogens with one attached hydrogen (secondary N) is 2. The van der Waals surface area contributed by atoms with Gasteiger partial charge >= 0.3 is 0 Å². The molecule has 0 atom stereocenters. The fourth-order valence-electron chi connectivity index (χ4n) is 2.79. The Kier molecular flexibility index (Phi) is 7.00. The second-order valence-electron chi connectivity index (χ2n) is 6.32. The Hall–Kier alpha value is -3.61. The summed E-state index contributed by atoms with van der Waals surface area (Å²) in [5, 5.41) is 6.00. The second-order valence-corrected chi connectivity index (χ2v) is 6.32. The number of amides is 1. The van der Waals surface area contributed by atoms with Crippen molar-refractivity contribution in [2.45, 2.75) is 12.8 Å². The molecule has 7 nitrogen and oxygen atoms in total. The molecule has 1 amide bonds. The fourth-order valence-corrected chi connectivity index (χ4v) is 2.79. The zero-order chi connectivity index (χ0) is 20.5. The number of carbonyl (C=O) groups is 1. The Balaban J connectivity index is 1.53. The van der Waals surface area contributed by atoms with Crippen molar-refractivity contribution in [2.75, 3.05) is 31.4 Å². The summed E-state index contributed by atoms with van der Waals surface area (Å²) in [6.07, 6.45) is 4.97. The van der Waals surface area contributed by atoms with E-state index in [9.17, 15) is 4.79 Å². The van der Waals surface area contributed by atoms with Crippen molar-refractivity contribution in [1.29, 1.82) is 0 Å². The van der Waals surface area contributed by atoms with E-state index < -0.39 is 0 Å². The molecule has 0 aliphatic carbocycles. The third-order valence-corrected chi connectivity index (χ3v) is 4.33. The van der Waals surface area contributed by atoms with Gasteiger partial charge in [-0.2, -0.15) is 0 Å². The lowest BCUT2D eigenvalue weighted by Crippen LogP contribution is -2.15. The second kappa shape index (κ2) is 10.1. The smallest absolute Gasteiger partial charge is 0.275 e. The van der Waals surface area contributed by atoms with Gasteiger partial charge in [0.2, 0.25) is 0 Å². The quantitative estimate of drug-likeness (QED) is 0.539. The number of aryl methyl sites for hydroxylation is 1. The van der Waals surface area contributed by atoms with Gasteiger partial charge in [-0.3, -0.25) is 4.79 Å². The van der Waals surface area contributed by atoms with E-state index in [0.29, 0.717) is 23.0 Å². The summed E-state index contributed by atoms with van der Waals surface area (Å²) in [6.45, 7) is 0.774. The van der Waals surface area contributed by atoms with Gasteiger partial charge in [0, 0.05) is 12.6 Å². The van der Waals surface area contributed by atoms with E-state index in [1.165, 1.54) is 18.9 Å². The van der Waals surface area contributed by atoms with E-state index in [0.717, 1.165) is 19.4 Å². The highest BCUT2D eigenvalue weighted by Gasteiger charge is 2.12. The molecule has 1 aromatic heterocycles. The van der Waals surface area contributed by atoms with Gasteiger partial charge in [0.1, 0.15) is 23.0 Å². The Bertz CT molecular complexity index is 931. The summed E-state index contributed by atoms with van der Waals surface area (Å²) >= 11 is 0. The summed E-state index contributed by atoms with van der Waals surface area (Å²) in [5.74, 6) is 1.40. The molecule has 2 aromatic carbocycles. The van der Waals surface area contributed by atoms with Crippen molar-refractivity contribution in [2.24, 2.45) is 0 Å². The molecule has 0 fully saturated rings. The van der Waals surface area contributed by atoms with Gasteiger partial charge in [-0.25, -0.2) is 9.97 Å². The van der Waals surface area contributed by atoms with Crippen LogP contribution in [0.2, 0.25) is 0 Å². The monoisotopic (exact) mass is 392 g/mol. The fraction of sp³-hybridized carbons (Fsp3) is 0.227. The van der Waals surface area contributed by atoms with Crippen LogP contribution >= 0.6 is 0 Å². The molecule has 0 aliphatic heterocycles. The molecule has 0 aliphatic rings. The van der Waals surface area contributed by atoms with Crippen LogP contribution in [-0.2, 0) is 6.42 Å². The number of hydrogen-bond donors (Lipinski definition) is 2. The van der Waals surface area contributed by atoms with Gasteiger partial charge in [0.05, 0.1) is 32.3 Å². The molecular formula is C22H24N4O3. The Labute approximate surface area is 170 Å². The predicted octanol–water partition coefficient (Wildman–Crippen LogP) is 3.79. The van der Waals surface area contributed by atoms with Crippen molar-refractivity contribution in [3.8, 4) is 11.5 Å². The molecular weight excluding hydrogens is 368 g/mol. The molecule has 2 N–H and O–H groups in total. The van der Waals surface area contributed by atoms with Crippen molar-refractivity contribution in [3.05, 3.63) is 72.2 Å². The predicted molar refractivity (Wildman–Crippen MR) is 113 cm³/mol. The number of hydrogen-bond acceptors (Lipinski definition) is 6. The zero-order valence-electron chi connectivity index (χ0n) is 16.5. The van der Waals surface area contributed by atoms with Crippen LogP contribution in [0.1, 0.15) is 22.5 Å². The van der Waals surface area contributed by atoms with Gasteiger partial charge in [-0.1, -0.05) is 30.3 Å². The number of rotatable bonds is 9. The van der Waals surface area contributed by atoms with Crippen LogP contribution in [0.15, 0.2) is 60.9 Å². The minimum atomic E-state index is -0.375. The molecule has 29 heavy (non-hydrogen) atoms. The Morgan fingerprint density at radius 1 is 1.00 bits per heavy atom. The van der Waals surface area contributed by atoms with Crippen molar-refractivity contribution in [1.82, 2.24) is 9.97 Å². The number of anilines is 2. The molecule has 3 aromatic rings. The summed E-state index contributed by atoms with van der Waals surface area (Å²) in [4.78, 5) is 21.0. The minimum absolute atomic E-state index is 0.213. The normalized spacial score (nSPS) is 10.3. The zero-order valence-corrected chi connectivity index (χ0v) is 16.5. The maximum Gasteiger partial charge on any atom is 0.275 e. The molecule has 3 rings (SSSR count). The molecule has 0 saturated carbocycles. The maximum absolute atomic E-state index is 12.5. The van der Waals surface area contributed by atoms with E-state index in [4.69, 9.17) is 9.47 Å². The number of methoxy groups -OCH3 is 2. The highest BCUT2D eigenvalue weighted by atomic mass is 16.5. The first kappa shape index (κ1) is 20.1. The summed E-state index contributed by atoms with van der Waals surface area (Å²) in [6, 6.07) is 15.5. The largest absolute Gasteiger partial charge is 0.497 e. The lowest BCUT2D eigenvalue weighted by Gasteiger charge is -2.11. The molecule has 0 bridgehead atoms. The highest BCUT2D eigenvalue weighted by molar-refractivity contribution is 6.03. The SMILES string of the molecule is COc1ccc(OC)c(NC(=O)c2cnc(NCCCc3ccccc3)cn2)c1. The first-order valence-corrected chi connectivity index (χ1v) is 9.33. The average Bonchev–Trinajstić information content (AvgIpc) is 2.77. The Morgan fingerprint density at radius 3 is 2.52 bits per heavy atom. The van der Waals surface area contributed by atoms with Gasteiger partial charge in [0.15, 0.2) is 0 Å². The maximum atomic E-state index is 12.5. The molecule has 0 unspecified atom stereocenters. The molecule has 0 spiro atoms. The first-order valence-electron chi connectivity index (χ1n) is 9.33. The molecule has 0 radical (unpaired) electrons. The van der Waals surface area contributed by atoms with Gasteiger partial charge in [0.25, 0.3) is 5.91 Å². The van der Waals surface area contributed by atoms with Gasteiger partial charge in [-0.05, 0) is 30.5 Å². The molecule has 7 heteroatoms. The number of benzene rings is 2. The standard InChI is InChI=1S/C22H24N4O3/c1-28-17-10-11-20(29-2)18(13-17)26-22(27)19-14-25-21(15-24-19)23-12-6-9-16-7-4-3-5-8-16/h3-5,7-8,10-11,13-15H,6,9,12H2,1-2H3,(H,23,25)(H,26,27). The summed E-state index contributed by atoms with van der Waals surface area (Å²) in [7, 11) is 3.10. The Morgan fingerprint density at radius 2 is 1.83 bits per heavy atom. The average molecular weight is 392 g/mol. The van der Waals surface area contributed by atoms with E-state index >= 15 is 0 Å². The molecule has 150 valence electrons. The minimum Gasteiger partial charge on any atom is -0.497 e. The van der Waals surface area contributed by atoms with E-state index in [1.807, 2.05) is 18.2 Å². The van der Waals surface area contributed by atoms with Crippen molar-refractivity contribution >= 4 is 17.4 Å². The van der Waals surface area contributed by atoms with E-state index in [2.05, 4.69) is 32.7 Å². The van der Waals surface area contributed by atoms with E-state index in [1.54, 1.807) is 31.5 Å². The number of nitrogens with zero attached hydrogens (tertiary/aromatic N) is 2. The number of aromatic nitrogens is 2. The third-order valence-electron chi connectivity index (χ3n) is 4.33. The molecule has 0 saturated heterocycles. The number of carbonyl (C=O) groups excluding carboxylic acids is 1. The van der Waals surface area contributed by atoms with Crippen LogP contribution in [0.5, 0.6) is 11.5 Å². The van der Waals surface area contributed by atoms with Crippen LogP contribution in [0.3, 0.4) is 0 Å². The van der Waals surface area contributed by atoms with Crippen LogP contribution in [-0.4, -0.2) is 36.6 Å². The van der Waals surface area contributed by atoms with Crippen LogP contribution in [0.4, 0.5) is 11.5 Å². The van der Waals surface area contributed by atoms with Gasteiger partial charge < -0.3 is 20.1 Å². The van der Waals surface area contributed by atoms with Crippen molar-refractivity contribution in [3.63, 3.8) is 0 Å². The van der Waals surface area contributed by atoms with Crippen LogP contribution in [0.25, 0.3) is 0 Å². The van der Waals surface area contributed by atoms with Crippen LogP contribution in [0, 0.1) is 0 Å². The number of ether oxygens (including phenoxy) is 2. The summed E-state index contributed by atoms with van der Waals surface area (Å²) < 4.78 is 10.5. The third kappa shape index (κ3) is 5.68. The molecule has 1 heterocycles. The van der Waals surface area contributed by atoms with Crippen molar-refractivity contribution < 1.29 is 14.3 Å². The lowest BCUT2D eigenvalue weighted by molar-refractivity contribution is 0.102. The van der Waals surface area contributed by atoms with E-state index in [-0.39, 0.29) is 11.6 Å². The van der Waals surface area contributed by atoms with Gasteiger partial charge in [-0.15, -0.1) is 0 Å². The first-order chi connectivity index (χ1) is 14.2. The lowest BCUT2D eigenvalue weighted by atomic mass is 10.1. The highest BCUT2D eigenvalue weighted by Crippen LogP contribution is 2.29. The summed E-state index contributed by atoms with van der Waals surface area (Å²) in [5.41, 5.74) is 2.02. The topological polar surface area (TPSA) is 85.4 Å². The van der Waals surface area contributed by atoms with Crippen LogP contribution < -0.4 is 20.1 Å².